The molecule has 104 valence electrons. The Balaban J connectivity index is 0. The number of carbonyl (C=O) groups excluding carboxylic acids is 1. The molecule has 0 saturated carbocycles. The van der Waals surface area contributed by atoms with Crippen LogP contribution in [-0.2, 0) is 13.9 Å². The average molecular weight is 265 g/mol. The monoisotopic (exact) mass is 265 g/mol. The second-order valence-corrected chi connectivity index (χ2v) is 5.64. The Morgan fingerprint density at radius 2 is 1.59 bits per heavy atom. The number of rotatable bonds is 3. The second kappa shape index (κ2) is 10.9. The van der Waals surface area contributed by atoms with E-state index >= 15 is 0 Å². The molecule has 1 unspecified atom stereocenters. The fourth-order valence-corrected chi connectivity index (χ4v) is 3.00. The number of ketones is 1. The second-order valence-electron chi connectivity index (χ2n) is 3.21. The maximum atomic E-state index is 11.9. The average Bonchev–Trinajstić information content (AvgIpc) is 2.35. The van der Waals surface area contributed by atoms with E-state index in [9.17, 15) is 9.36 Å². The summed E-state index contributed by atoms with van der Waals surface area (Å²) in [6.45, 7) is 13.1. The number of piperidine rings is 1. The lowest BCUT2D eigenvalue weighted by Gasteiger charge is -2.30. The van der Waals surface area contributed by atoms with Crippen LogP contribution < -0.4 is 0 Å². The van der Waals surface area contributed by atoms with E-state index in [-0.39, 0.29) is 5.78 Å². The highest BCUT2D eigenvalue weighted by Crippen LogP contribution is 2.47. The van der Waals surface area contributed by atoms with Crippen molar-refractivity contribution < 1.29 is 13.9 Å². The molecule has 0 amide bonds. The quantitative estimate of drug-likeness (QED) is 0.732. The van der Waals surface area contributed by atoms with Crippen LogP contribution in [0, 0.1) is 0 Å². The van der Waals surface area contributed by atoms with Crippen molar-refractivity contribution in [3.05, 3.63) is 0 Å². The molecule has 1 aliphatic heterocycles. The van der Waals surface area contributed by atoms with Gasteiger partial charge in [0.25, 0.3) is 7.52 Å². The highest BCUT2D eigenvalue weighted by Gasteiger charge is 2.29. The normalized spacial score (nSPS) is 19.3. The van der Waals surface area contributed by atoms with E-state index in [0.717, 1.165) is 0 Å². The van der Waals surface area contributed by atoms with Crippen molar-refractivity contribution in [2.24, 2.45) is 0 Å². The summed E-state index contributed by atoms with van der Waals surface area (Å²) in [7, 11) is -2.61. The van der Waals surface area contributed by atoms with Crippen molar-refractivity contribution in [2.45, 2.75) is 47.5 Å². The third-order valence-electron chi connectivity index (χ3n) is 2.18. The van der Waals surface area contributed by atoms with E-state index in [0.29, 0.717) is 32.5 Å². The van der Waals surface area contributed by atoms with E-state index in [2.05, 4.69) is 0 Å². The molecule has 17 heavy (non-hydrogen) atoms. The van der Waals surface area contributed by atoms with Crippen LogP contribution >= 0.6 is 7.52 Å². The van der Waals surface area contributed by atoms with E-state index in [1.54, 1.807) is 11.3 Å². The Labute approximate surface area is 106 Å². The molecular formula is C12H28NO3P. The third-order valence-corrected chi connectivity index (χ3v) is 4.34. The van der Waals surface area contributed by atoms with Crippen molar-refractivity contribution in [3.63, 3.8) is 0 Å². The van der Waals surface area contributed by atoms with Crippen LogP contribution in [0.1, 0.15) is 47.5 Å². The predicted octanol–water partition coefficient (Wildman–Crippen LogP) is 3.56. The van der Waals surface area contributed by atoms with Gasteiger partial charge in [0.15, 0.2) is 0 Å². The Morgan fingerprint density at radius 1 is 1.18 bits per heavy atom. The van der Waals surface area contributed by atoms with Crippen molar-refractivity contribution in [1.29, 1.82) is 0 Å². The van der Waals surface area contributed by atoms with Crippen LogP contribution in [0.2, 0.25) is 0 Å². The van der Waals surface area contributed by atoms with Gasteiger partial charge >= 0.3 is 0 Å². The Kier molecular flexibility index (Phi) is 12.3. The van der Waals surface area contributed by atoms with Crippen LogP contribution in [0.3, 0.4) is 0 Å². The standard InChI is InChI=1S/C8H16NO3P.2C2H6/c1-3-12-13(2,11)9-6-4-8(10)5-7-9;2*1-2/h3-7H2,1-2H3;2*1-2H3. The number of nitrogens with zero attached hydrogens (tertiary/aromatic N) is 1. The maximum Gasteiger partial charge on any atom is 0.269 e. The van der Waals surface area contributed by atoms with Crippen LogP contribution in [0.25, 0.3) is 0 Å². The van der Waals surface area contributed by atoms with Crippen LogP contribution in [0.4, 0.5) is 0 Å². The van der Waals surface area contributed by atoms with E-state index in [4.69, 9.17) is 4.52 Å². The van der Waals surface area contributed by atoms with Gasteiger partial charge in [-0.2, -0.15) is 0 Å². The van der Waals surface area contributed by atoms with Gasteiger partial charge in [0.1, 0.15) is 5.78 Å². The molecule has 4 nitrogen and oxygen atoms in total. The third kappa shape index (κ3) is 7.69. The molecule has 1 saturated heterocycles. The van der Waals surface area contributed by atoms with Gasteiger partial charge in [-0.05, 0) is 6.92 Å². The Bertz CT molecular complexity index is 234. The molecule has 0 radical (unpaired) electrons. The predicted molar refractivity (Wildman–Crippen MR) is 73.7 cm³/mol. The largest absolute Gasteiger partial charge is 0.318 e. The zero-order valence-corrected chi connectivity index (χ0v) is 13.0. The molecule has 1 aliphatic rings. The Morgan fingerprint density at radius 3 is 1.94 bits per heavy atom. The molecule has 1 rings (SSSR count). The fourth-order valence-electron chi connectivity index (χ4n) is 1.43. The lowest BCUT2D eigenvalue weighted by Crippen LogP contribution is -2.31. The van der Waals surface area contributed by atoms with Gasteiger partial charge in [0, 0.05) is 32.6 Å². The van der Waals surface area contributed by atoms with Gasteiger partial charge in [0.05, 0.1) is 6.61 Å². The molecule has 0 aromatic carbocycles. The van der Waals surface area contributed by atoms with Gasteiger partial charge in [-0.1, -0.05) is 27.7 Å². The maximum absolute atomic E-state index is 11.9. The molecule has 0 aromatic heterocycles. The lowest BCUT2D eigenvalue weighted by atomic mass is 10.1. The molecule has 0 aromatic rings. The number of hydrogen-bond donors (Lipinski definition) is 0. The molecule has 0 bridgehead atoms. The first-order valence-electron chi connectivity index (χ1n) is 6.55. The zero-order chi connectivity index (χ0) is 13.9. The molecule has 1 heterocycles. The van der Waals surface area contributed by atoms with Crippen molar-refractivity contribution >= 4 is 13.3 Å². The molecule has 0 aliphatic carbocycles. The summed E-state index contributed by atoms with van der Waals surface area (Å²) in [6.07, 6.45) is 1.01. The first kappa shape index (κ1) is 19.2. The van der Waals surface area contributed by atoms with Gasteiger partial charge in [-0.15, -0.1) is 0 Å². The van der Waals surface area contributed by atoms with Gasteiger partial charge < -0.3 is 4.52 Å². The topological polar surface area (TPSA) is 46.6 Å². The van der Waals surface area contributed by atoms with Crippen LogP contribution in [0.5, 0.6) is 0 Å². The summed E-state index contributed by atoms with van der Waals surface area (Å²) in [5.74, 6) is 0.257. The van der Waals surface area contributed by atoms with E-state index in [1.165, 1.54) is 0 Å². The highest BCUT2D eigenvalue weighted by molar-refractivity contribution is 7.55. The Hall–Kier alpha value is -0.180. The first-order chi connectivity index (χ1) is 8.06. The number of hydrogen-bond acceptors (Lipinski definition) is 3. The van der Waals surface area contributed by atoms with Gasteiger partial charge in [-0.25, -0.2) is 4.67 Å². The van der Waals surface area contributed by atoms with Crippen LogP contribution in [-0.4, -0.2) is 36.8 Å². The summed E-state index contributed by atoms with van der Waals surface area (Å²) in [5.41, 5.74) is 0. The van der Waals surface area contributed by atoms with E-state index < -0.39 is 7.52 Å². The van der Waals surface area contributed by atoms with Crippen molar-refractivity contribution in [3.8, 4) is 0 Å². The highest BCUT2D eigenvalue weighted by atomic mass is 31.2. The van der Waals surface area contributed by atoms with Crippen LogP contribution in [0.15, 0.2) is 0 Å². The van der Waals surface area contributed by atoms with Crippen molar-refractivity contribution in [2.75, 3.05) is 26.4 Å². The number of carbonyl (C=O) groups is 1. The zero-order valence-electron chi connectivity index (χ0n) is 12.2. The van der Waals surface area contributed by atoms with Gasteiger partial charge in [-0.3, -0.25) is 9.36 Å². The van der Waals surface area contributed by atoms with Crippen molar-refractivity contribution in [1.82, 2.24) is 4.67 Å². The first-order valence-corrected chi connectivity index (χ1v) is 8.58. The minimum absolute atomic E-state index is 0.257. The summed E-state index contributed by atoms with van der Waals surface area (Å²) < 4.78 is 18.8. The molecule has 1 fully saturated rings. The molecule has 1 atom stereocenters. The molecule has 0 N–H and O–H groups in total. The minimum Gasteiger partial charge on any atom is -0.318 e. The molecular weight excluding hydrogens is 237 g/mol. The lowest BCUT2D eigenvalue weighted by molar-refractivity contribution is -0.120. The SMILES string of the molecule is CC.CC.CCOP(C)(=O)N1CCC(=O)CC1. The summed E-state index contributed by atoms with van der Waals surface area (Å²) in [6, 6.07) is 0. The fraction of sp³-hybridized carbons (Fsp3) is 0.917. The molecule has 5 heteroatoms. The van der Waals surface area contributed by atoms with Gasteiger partial charge in [0.2, 0.25) is 0 Å². The molecule has 0 spiro atoms. The minimum atomic E-state index is -2.61. The number of Topliss-reactive ketones (excluding diaryl/α,β-unsaturated/α-hetero) is 1. The smallest absolute Gasteiger partial charge is 0.269 e. The van der Waals surface area contributed by atoms with E-state index in [1.807, 2.05) is 34.6 Å². The summed E-state index contributed by atoms with van der Waals surface area (Å²) in [5, 5.41) is 0. The summed E-state index contributed by atoms with van der Waals surface area (Å²) >= 11 is 0. The summed E-state index contributed by atoms with van der Waals surface area (Å²) in [4.78, 5) is 10.9.